The number of hydrogen-bond donors (Lipinski definition) is 2. The van der Waals surface area contributed by atoms with Crippen LogP contribution in [0.3, 0.4) is 0 Å². The van der Waals surface area contributed by atoms with Crippen LogP contribution in [0.15, 0.2) is 18.2 Å². The van der Waals surface area contributed by atoms with Gasteiger partial charge in [-0.25, -0.2) is 0 Å². The van der Waals surface area contributed by atoms with Gasteiger partial charge in [0.05, 0.1) is 19.3 Å². The molecule has 1 aromatic carbocycles. The van der Waals surface area contributed by atoms with Gasteiger partial charge in [-0.2, -0.15) is 0 Å². The number of phenolic OH excluding ortho intramolecular Hbond substituents is 1. The van der Waals surface area contributed by atoms with Crippen molar-refractivity contribution < 1.29 is 19.4 Å². The fraction of sp³-hybridized carbons (Fsp3) is 0.462. The number of alkyl halides is 1. The Labute approximate surface area is 121 Å². The Balaban J connectivity index is 2.53. The highest BCUT2D eigenvalue weighted by Gasteiger charge is 2.12. The predicted octanol–water partition coefficient (Wildman–Crippen LogP) is 1.93. The molecule has 5 nitrogen and oxygen atoms in total. The van der Waals surface area contributed by atoms with Gasteiger partial charge in [-0.1, -0.05) is 15.9 Å². The Bertz CT molecular complexity index is 425. The van der Waals surface area contributed by atoms with Crippen LogP contribution < -0.4 is 10.1 Å². The Morgan fingerprint density at radius 3 is 2.84 bits per heavy atom. The molecule has 0 saturated carbocycles. The summed E-state index contributed by atoms with van der Waals surface area (Å²) in [6, 6.07) is 4.54. The average molecular weight is 332 g/mol. The molecule has 0 bridgehead atoms. The second kappa shape index (κ2) is 8.01. The van der Waals surface area contributed by atoms with E-state index in [2.05, 4.69) is 21.2 Å². The topological polar surface area (TPSA) is 67.8 Å². The van der Waals surface area contributed by atoms with Crippen molar-refractivity contribution in [2.24, 2.45) is 0 Å². The van der Waals surface area contributed by atoms with E-state index in [-0.39, 0.29) is 22.0 Å². The third-order valence-corrected chi connectivity index (χ3v) is 3.26. The second-order valence-corrected chi connectivity index (χ2v) is 5.28. The molecular formula is C13H18BrNO4. The average Bonchev–Trinajstić information content (AvgIpc) is 2.39. The maximum Gasteiger partial charge on any atom is 0.255 e. The van der Waals surface area contributed by atoms with Crippen LogP contribution >= 0.6 is 15.9 Å². The molecule has 2 N–H and O–H groups in total. The number of halogens is 1. The van der Waals surface area contributed by atoms with E-state index < -0.39 is 0 Å². The lowest BCUT2D eigenvalue weighted by molar-refractivity contribution is 0.0949. The van der Waals surface area contributed by atoms with Crippen molar-refractivity contribution in [3.63, 3.8) is 0 Å². The van der Waals surface area contributed by atoms with Gasteiger partial charge in [-0.15, -0.1) is 0 Å². The van der Waals surface area contributed by atoms with E-state index in [4.69, 9.17) is 9.47 Å². The molecule has 0 saturated heterocycles. The molecule has 0 heterocycles. The Kier molecular flexibility index (Phi) is 6.66. The van der Waals surface area contributed by atoms with Gasteiger partial charge in [0.1, 0.15) is 11.5 Å². The number of carbonyl (C=O) groups excluding carboxylic acids is 1. The molecule has 0 aliphatic heterocycles. The summed E-state index contributed by atoms with van der Waals surface area (Å²) in [5, 5.41) is 12.4. The first kappa shape index (κ1) is 15.8. The number of aromatic hydroxyl groups is 1. The molecule has 1 unspecified atom stereocenters. The van der Waals surface area contributed by atoms with Crippen molar-refractivity contribution in [1.29, 1.82) is 0 Å². The van der Waals surface area contributed by atoms with Gasteiger partial charge >= 0.3 is 0 Å². The lowest BCUT2D eigenvalue weighted by atomic mass is 10.1. The minimum absolute atomic E-state index is 0.0643. The minimum Gasteiger partial charge on any atom is -0.507 e. The summed E-state index contributed by atoms with van der Waals surface area (Å²) in [5.74, 6) is 0.139. The van der Waals surface area contributed by atoms with E-state index in [0.29, 0.717) is 18.9 Å². The van der Waals surface area contributed by atoms with E-state index in [0.717, 1.165) is 6.42 Å². The summed E-state index contributed by atoms with van der Waals surface area (Å²) < 4.78 is 10.00. The first-order chi connectivity index (χ1) is 9.08. The number of methoxy groups -OCH3 is 2. The Morgan fingerprint density at radius 1 is 1.47 bits per heavy atom. The second-order valence-electron chi connectivity index (χ2n) is 3.98. The summed E-state index contributed by atoms with van der Waals surface area (Å²) in [6.45, 7) is 1.08. The molecule has 0 aliphatic carbocycles. The van der Waals surface area contributed by atoms with Crippen molar-refractivity contribution in [1.82, 2.24) is 5.32 Å². The third kappa shape index (κ3) is 5.08. The third-order valence-electron chi connectivity index (χ3n) is 2.54. The molecule has 19 heavy (non-hydrogen) atoms. The summed E-state index contributed by atoms with van der Waals surface area (Å²) in [4.78, 5) is 12.1. The largest absolute Gasteiger partial charge is 0.507 e. The van der Waals surface area contributed by atoms with E-state index in [1.165, 1.54) is 19.2 Å². The lowest BCUT2D eigenvalue weighted by Crippen LogP contribution is -2.27. The number of hydrogen-bond acceptors (Lipinski definition) is 4. The number of benzene rings is 1. The standard InChI is InChI=1S/C13H18BrNO4/c1-18-8-9(14)5-6-15-13(17)11-7-10(19-2)3-4-12(11)16/h3-4,7,9,16H,5-6,8H2,1-2H3,(H,15,17). The van der Waals surface area contributed by atoms with E-state index in [9.17, 15) is 9.90 Å². The molecule has 106 valence electrons. The van der Waals surface area contributed by atoms with Crippen molar-refractivity contribution in [3.05, 3.63) is 23.8 Å². The van der Waals surface area contributed by atoms with Crippen LogP contribution in [0.5, 0.6) is 11.5 Å². The highest BCUT2D eigenvalue weighted by Crippen LogP contribution is 2.22. The zero-order chi connectivity index (χ0) is 14.3. The van der Waals surface area contributed by atoms with Crippen LogP contribution in [-0.2, 0) is 4.74 Å². The van der Waals surface area contributed by atoms with Crippen LogP contribution in [-0.4, -0.2) is 43.2 Å². The Hall–Kier alpha value is -1.27. The molecule has 0 radical (unpaired) electrons. The van der Waals surface area contributed by atoms with E-state index in [1.54, 1.807) is 13.2 Å². The summed E-state index contributed by atoms with van der Waals surface area (Å²) >= 11 is 3.44. The molecule has 0 fully saturated rings. The number of carbonyl (C=O) groups is 1. The Morgan fingerprint density at radius 2 is 2.21 bits per heavy atom. The van der Waals surface area contributed by atoms with Gasteiger partial charge in [0.15, 0.2) is 0 Å². The zero-order valence-corrected chi connectivity index (χ0v) is 12.6. The number of amides is 1. The summed E-state index contributed by atoms with van der Waals surface area (Å²) in [6.07, 6.45) is 0.740. The number of nitrogens with one attached hydrogen (secondary N) is 1. The molecule has 1 atom stereocenters. The quantitative estimate of drug-likeness (QED) is 0.749. The van der Waals surface area contributed by atoms with Crippen LogP contribution in [0, 0.1) is 0 Å². The van der Waals surface area contributed by atoms with Gasteiger partial charge in [0.2, 0.25) is 0 Å². The van der Waals surface area contributed by atoms with Crippen LogP contribution in [0.25, 0.3) is 0 Å². The fourth-order valence-electron chi connectivity index (χ4n) is 1.53. The summed E-state index contributed by atoms with van der Waals surface area (Å²) in [7, 11) is 3.13. The highest BCUT2D eigenvalue weighted by molar-refractivity contribution is 9.09. The van der Waals surface area contributed by atoms with Gasteiger partial charge in [-0.05, 0) is 24.6 Å². The lowest BCUT2D eigenvalue weighted by Gasteiger charge is -2.11. The molecule has 0 aromatic heterocycles. The first-order valence-corrected chi connectivity index (χ1v) is 6.78. The minimum atomic E-state index is -0.325. The van der Waals surface area contributed by atoms with Crippen LogP contribution in [0.2, 0.25) is 0 Å². The highest BCUT2D eigenvalue weighted by atomic mass is 79.9. The monoisotopic (exact) mass is 331 g/mol. The van der Waals surface area contributed by atoms with Gasteiger partial charge < -0.3 is 19.9 Å². The van der Waals surface area contributed by atoms with Gasteiger partial charge in [-0.3, -0.25) is 4.79 Å². The molecule has 1 aromatic rings. The maximum atomic E-state index is 11.9. The number of rotatable bonds is 7. The summed E-state index contributed by atoms with van der Waals surface area (Å²) in [5.41, 5.74) is 0.206. The molecule has 0 aliphatic rings. The van der Waals surface area contributed by atoms with E-state index in [1.807, 2.05) is 0 Å². The van der Waals surface area contributed by atoms with Gasteiger partial charge in [0, 0.05) is 18.5 Å². The fourth-order valence-corrected chi connectivity index (χ4v) is 2.02. The van der Waals surface area contributed by atoms with Crippen molar-refractivity contribution >= 4 is 21.8 Å². The van der Waals surface area contributed by atoms with Crippen molar-refractivity contribution in [2.75, 3.05) is 27.4 Å². The van der Waals surface area contributed by atoms with Crippen LogP contribution in [0.4, 0.5) is 0 Å². The molecule has 0 spiro atoms. The van der Waals surface area contributed by atoms with Crippen molar-refractivity contribution in [3.8, 4) is 11.5 Å². The molecule has 1 amide bonds. The number of phenols is 1. The first-order valence-electron chi connectivity index (χ1n) is 5.86. The predicted molar refractivity (Wildman–Crippen MR) is 76.2 cm³/mol. The number of ether oxygens (including phenoxy) is 2. The SMILES string of the molecule is COCC(Br)CCNC(=O)c1cc(OC)ccc1O. The molecular weight excluding hydrogens is 314 g/mol. The van der Waals surface area contributed by atoms with E-state index >= 15 is 0 Å². The maximum absolute atomic E-state index is 11.9. The normalized spacial score (nSPS) is 11.9. The van der Waals surface area contributed by atoms with Crippen LogP contribution in [0.1, 0.15) is 16.8 Å². The van der Waals surface area contributed by atoms with Gasteiger partial charge in [0.25, 0.3) is 5.91 Å². The van der Waals surface area contributed by atoms with Crippen molar-refractivity contribution in [2.45, 2.75) is 11.2 Å². The molecule has 6 heteroatoms. The zero-order valence-electron chi connectivity index (χ0n) is 11.0. The molecule has 1 rings (SSSR count). The smallest absolute Gasteiger partial charge is 0.255 e.